The van der Waals surface area contributed by atoms with Crippen molar-refractivity contribution in [2.45, 2.75) is 44.2 Å². The summed E-state index contributed by atoms with van der Waals surface area (Å²) in [6.45, 7) is 0. The van der Waals surface area contributed by atoms with E-state index < -0.39 is 0 Å². The Morgan fingerprint density at radius 3 is 2.50 bits per heavy atom. The lowest BCUT2D eigenvalue weighted by molar-refractivity contribution is -0.122. The standard InChI is InChI=1S/C9H16N2O/c10-7-3-4-8(5-7)11-9(12)6-1-2-6/h6-8H,1-5,10H2,(H,11,12)/t7-,8+/m1/s1. The van der Waals surface area contributed by atoms with E-state index in [1.807, 2.05) is 0 Å². The molecule has 2 aliphatic carbocycles. The van der Waals surface area contributed by atoms with Crippen LogP contribution in [0, 0.1) is 5.92 Å². The maximum atomic E-state index is 11.3. The normalized spacial score (nSPS) is 35.1. The van der Waals surface area contributed by atoms with Gasteiger partial charge in [-0.05, 0) is 32.1 Å². The summed E-state index contributed by atoms with van der Waals surface area (Å²) < 4.78 is 0. The maximum Gasteiger partial charge on any atom is 0.223 e. The van der Waals surface area contributed by atoms with Crippen LogP contribution in [0.4, 0.5) is 0 Å². The number of carbonyl (C=O) groups is 1. The van der Waals surface area contributed by atoms with Crippen LogP contribution in [0.15, 0.2) is 0 Å². The van der Waals surface area contributed by atoms with Crippen molar-refractivity contribution < 1.29 is 4.79 Å². The van der Waals surface area contributed by atoms with E-state index in [-0.39, 0.29) is 5.91 Å². The third-order valence-electron chi connectivity index (χ3n) is 2.77. The average molecular weight is 168 g/mol. The van der Waals surface area contributed by atoms with Gasteiger partial charge in [-0.1, -0.05) is 0 Å². The molecule has 3 N–H and O–H groups in total. The van der Waals surface area contributed by atoms with Gasteiger partial charge in [0, 0.05) is 18.0 Å². The first-order valence-corrected chi connectivity index (χ1v) is 4.81. The first-order chi connectivity index (χ1) is 5.75. The molecule has 12 heavy (non-hydrogen) atoms. The van der Waals surface area contributed by atoms with Crippen molar-refractivity contribution in [3.05, 3.63) is 0 Å². The predicted octanol–water partition coefficient (Wildman–Crippen LogP) is 0.392. The highest BCUT2D eigenvalue weighted by Crippen LogP contribution is 2.29. The Hall–Kier alpha value is -0.570. The molecule has 2 saturated carbocycles. The Morgan fingerprint density at radius 1 is 1.25 bits per heavy atom. The Balaban J connectivity index is 1.75. The van der Waals surface area contributed by atoms with E-state index in [1.54, 1.807) is 0 Å². The highest BCUT2D eigenvalue weighted by Gasteiger charge is 2.32. The third kappa shape index (κ3) is 1.78. The highest BCUT2D eigenvalue weighted by molar-refractivity contribution is 5.81. The Labute approximate surface area is 72.7 Å². The predicted molar refractivity (Wildman–Crippen MR) is 46.5 cm³/mol. The molecule has 2 aliphatic rings. The monoisotopic (exact) mass is 168 g/mol. The molecule has 0 aromatic carbocycles. The van der Waals surface area contributed by atoms with E-state index in [0.717, 1.165) is 32.1 Å². The average Bonchev–Trinajstić information content (AvgIpc) is 2.78. The summed E-state index contributed by atoms with van der Waals surface area (Å²) in [6.07, 6.45) is 5.28. The van der Waals surface area contributed by atoms with Crippen LogP contribution in [0.1, 0.15) is 32.1 Å². The highest BCUT2D eigenvalue weighted by atomic mass is 16.2. The molecule has 68 valence electrons. The van der Waals surface area contributed by atoms with Gasteiger partial charge in [0.25, 0.3) is 0 Å². The number of hydrogen-bond acceptors (Lipinski definition) is 2. The summed E-state index contributed by atoms with van der Waals surface area (Å²) in [7, 11) is 0. The lowest BCUT2D eigenvalue weighted by atomic mass is 10.2. The van der Waals surface area contributed by atoms with Gasteiger partial charge in [-0.2, -0.15) is 0 Å². The van der Waals surface area contributed by atoms with Gasteiger partial charge >= 0.3 is 0 Å². The molecular weight excluding hydrogens is 152 g/mol. The Morgan fingerprint density at radius 2 is 2.00 bits per heavy atom. The fourth-order valence-corrected chi connectivity index (χ4v) is 1.81. The van der Waals surface area contributed by atoms with Gasteiger partial charge < -0.3 is 11.1 Å². The van der Waals surface area contributed by atoms with Crippen LogP contribution < -0.4 is 11.1 Å². The van der Waals surface area contributed by atoms with Crippen LogP contribution >= 0.6 is 0 Å². The molecular formula is C9H16N2O. The van der Waals surface area contributed by atoms with E-state index >= 15 is 0 Å². The largest absolute Gasteiger partial charge is 0.353 e. The number of carbonyl (C=O) groups excluding carboxylic acids is 1. The zero-order valence-corrected chi connectivity index (χ0v) is 7.25. The van der Waals surface area contributed by atoms with E-state index in [2.05, 4.69) is 5.32 Å². The molecule has 0 aromatic heterocycles. The fraction of sp³-hybridized carbons (Fsp3) is 0.889. The van der Waals surface area contributed by atoms with Crippen molar-refractivity contribution in [3.63, 3.8) is 0 Å². The number of hydrogen-bond donors (Lipinski definition) is 2. The minimum Gasteiger partial charge on any atom is -0.353 e. The van der Waals surface area contributed by atoms with E-state index in [9.17, 15) is 4.79 Å². The fourth-order valence-electron chi connectivity index (χ4n) is 1.81. The number of nitrogens with one attached hydrogen (secondary N) is 1. The Bertz CT molecular complexity index is 189. The summed E-state index contributed by atoms with van der Waals surface area (Å²) in [5, 5.41) is 3.05. The zero-order valence-electron chi connectivity index (χ0n) is 7.25. The molecule has 0 radical (unpaired) electrons. The van der Waals surface area contributed by atoms with Crippen molar-refractivity contribution in [1.29, 1.82) is 0 Å². The quantitative estimate of drug-likeness (QED) is 0.626. The first kappa shape index (κ1) is 8.05. The van der Waals surface area contributed by atoms with Gasteiger partial charge in [0.05, 0.1) is 0 Å². The van der Waals surface area contributed by atoms with Crippen LogP contribution in [0.3, 0.4) is 0 Å². The molecule has 0 unspecified atom stereocenters. The van der Waals surface area contributed by atoms with Crippen molar-refractivity contribution >= 4 is 5.91 Å². The summed E-state index contributed by atoms with van der Waals surface area (Å²) in [4.78, 5) is 11.3. The second-order valence-corrected chi connectivity index (χ2v) is 4.05. The maximum absolute atomic E-state index is 11.3. The van der Waals surface area contributed by atoms with Gasteiger partial charge in [0.15, 0.2) is 0 Å². The molecule has 0 heterocycles. The van der Waals surface area contributed by atoms with Gasteiger partial charge in [-0.3, -0.25) is 4.79 Å². The van der Waals surface area contributed by atoms with Crippen LogP contribution in [0.25, 0.3) is 0 Å². The second-order valence-electron chi connectivity index (χ2n) is 4.05. The number of amides is 1. The molecule has 1 amide bonds. The van der Waals surface area contributed by atoms with Crippen molar-refractivity contribution in [3.8, 4) is 0 Å². The van der Waals surface area contributed by atoms with Crippen LogP contribution in [0.2, 0.25) is 0 Å². The second kappa shape index (κ2) is 3.05. The molecule has 0 aliphatic heterocycles. The summed E-state index contributed by atoms with van der Waals surface area (Å²) in [5.41, 5.74) is 5.74. The summed E-state index contributed by atoms with van der Waals surface area (Å²) in [6, 6.07) is 0.683. The summed E-state index contributed by atoms with van der Waals surface area (Å²) in [5.74, 6) is 0.593. The van der Waals surface area contributed by atoms with Crippen molar-refractivity contribution in [1.82, 2.24) is 5.32 Å². The number of rotatable bonds is 2. The molecule has 2 fully saturated rings. The first-order valence-electron chi connectivity index (χ1n) is 4.81. The van der Waals surface area contributed by atoms with E-state index in [1.165, 1.54) is 0 Å². The molecule has 2 rings (SSSR count). The van der Waals surface area contributed by atoms with Gasteiger partial charge in [0.1, 0.15) is 0 Å². The SMILES string of the molecule is N[C@@H]1CC[C@H](NC(=O)C2CC2)C1. The molecule has 3 heteroatoms. The van der Waals surface area contributed by atoms with Gasteiger partial charge in [-0.15, -0.1) is 0 Å². The number of nitrogens with two attached hydrogens (primary N) is 1. The van der Waals surface area contributed by atoms with Gasteiger partial charge in [-0.25, -0.2) is 0 Å². The minimum absolute atomic E-state index is 0.258. The smallest absolute Gasteiger partial charge is 0.223 e. The molecule has 0 saturated heterocycles. The third-order valence-corrected chi connectivity index (χ3v) is 2.77. The van der Waals surface area contributed by atoms with Crippen molar-refractivity contribution in [2.24, 2.45) is 11.7 Å². The van der Waals surface area contributed by atoms with Crippen LogP contribution in [-0.4, -0.2) is 18.0 Å². The minimum atomic E-state index is 0.258. The van der Waals surface area contributed by atoms with E-state index in [4.69, 9.17) is 5.73 Å². The topological polar surface area (TPSA) is 55.1 Å². The molecule has 0 spiro atoms. The van der Waals surface area contributed by atoms with Gasteiger partial charge in [0.2, 0.25) is 5.91 Å². The lowest BCUT2D eigenvalue weighted by Crippen LogP contribution is -2.34. The van der Waals surface area contributed by atoms with E-state index in [0.29, 0.717) is 18.0 Å². The molecule has 0 bridgehead atoms. The Kier molecular flexibility index (Phi) is 2.05. The lowest BCUT2D eigenvalue weighted by Gasteiger charge is -2.11. The van der Waals surface area contributed by atoms with Crippen molar-refractivity contribution in [2.75, 3.05) is 0 Å². The van der Waals surface area contributed by atoms with Crippen LogP contribution in [0.5, 0.6) is 0 Å². The summed E-state index contributed by atoms with van der Waals surface area (Å²) >= 11 is 0. The molecule has 0 aromatic rings. The molecule has 3 nitrogen and oxygen atoms in total. The van der Waals surface area contributed by atoms with Crippen LogP contribution in [-0.2, 0) is 4.79 Å². The zero-order chi connectivity index (χ0) is 8.55. The molecule has 2 atom stereocenters.